The Balaban J connectivity index is 1.82. The predicted octanol–water partition coefficient (Wildman–Crippen LogP) is 3.00. The summed E-state index contributed by atoms with van der Waals surface area (Å²) in [5.74, 6) is -0.0753. The molecule has 2 rings (SSSR count). The van der Waals surface area contributed by atoms with Crippen LogP contribution in [0, 0.1) is 6.92 Å². The largest absolute Gasteiger partial charge is 0.467 e. The van der Waals surface area contributed by atoms with Gasteiger partial charge in [0.25, 0.3) is 0 Å². The fourth-order valence-electron chi connectivity index (χ4n) is 1.72. The molecular weight excluding hydrogens is 336 g/mol. The smallest absolute Gasteiger partial charge is 0.233 e. The van der Waals surface area contributed by atoms with Crippen LogP contribution in [0.1, 0.15) is 17.7 Å². The molecule has 0 aliphatic carbocycles. The van der Waals surface area contributed by atoms with Gasteiger partial charge in [-0.05, 0) is 52.7 Å². The van der Waals surface area contributed by atoms with Crippen LogP contribution in [0.5, 0.6) is 0 Å². The number of amides is 2. The summed E-state index contributed by atoms with van der Waals surface area (Å²) < 4.78 is 5.87. The first-order valence-electron chi connectivity index (χ1n) is 6.39. The number of carbonyl (C=O) groups excluding carboxylic acids is 2. The Bertz CT molecular complexity index is 638. The molecule has 5 nitrogen and oxygen atoms in total. The van der Waals surface area contributed by atoms with Crippen molar-refractivity contribution in [1.82, 2.24) is 5.32 Å². The molecule has 2 aromatic rings. The Labute approximate surface area is 130 Å². The highest BCUT2D eigenvalue weighted by Crippen LogP contribution is 2.23. The number of nitrogens with one attached hydrogen (secondary N) is 2. The highest BCUT2D eigenvalue weighted by atomic mass is 79.9. The van der Waals surface area contributed by atoms with Gasteiger partial charge in [0.15, 0.2) is 0 Å². The maximum atomic E-state index is 11.8. The van der Waals surface area contributed by atoms with Crippen LogP contribution in [0.15, 0.2) is 45.5 Å². The van der Waals surface area contributed by atoms with E-state index in [0.717, 1.165) is 10.0 Å². The summed E-state index contributed by atoms with van der Waals surface area (Å²) in [7, 11) is 0. The van der Waals surface area contributed by atoms with Crippen LogP contribution in [0.3, 0.4) is 0 Å². The number of benzene rings is 1. The molecule has 6 heteroatoms. The fourth-order valence-corrected chi connectivity index (χ4v) is 2.32. The second kappa shape index (κ2) is 7.08. The van der Waals surface area contributed by atoms with E-state index in [1.54, 1.807) is 18.2 Å². The molecule has 0 aliphatic heterocycles. The van der Waals surface area contributed by atoms with Crippen molar-refractivity contribution in [3.8, 4) is 0 Å². The Morgan fingerprint density at radius 1 is 1.24 bits per heavy atom. The van der Waals surface area contributed by atoms with Gasteiger partial charge in [-0.1, -0.05) is 6.07 Å². The van der Waals surface area contributed by atoms with E-state index in [1.165, 1.54) is 6.26 Å². The monoisotopic (exact) mass is 350 g/mol. The molecule has 1 aromatic carbocycles. The topological polar surface area (TPSA) is 71.3 Å². The number of hydrogen-bond donors (Lipinski definition) is 2. The zero-order valence-electron chi connectivity index (χ0n) is 11.5. The van der Waals surface area contributed by atoms with Crippen molar-refractivity contribution in [2.24, 2.45) is 0 Å². The Kier molecular flexibility index (Phi) is 5.16. The first-order valence-corrected chi connectivity index (χ1v) is 7.19. The third-order valence-electron chi connectivity index (χ3n) is 2.76. The van der Waals surface area contributed by atoms with E-state index in [-0.39, 0.29) is 24.8 Å². The van der Waals surface area contributed by atoms with E-state index in [1.807, 2.05) is 19.1 Å². The second-order valence-electron chi connectivity index (χ2n) is 4.56. The average molecular weight is 351 g/mol. The van der Waals surface area contributed by atoms with E-state index in [9.17, 15) is 9.59 Å². The van der Waals surface area contributed by atoms with Gasteiger partial charge >= 0.3 is 0 Å². The minimum Gasteiger partial charge on any atom is -0.467 e. The third kappa shape index (κ3) is 4.75. The van der Waals surface area contributed by atoms with E-state index in [2.05, 4.69) is 26.6 Å². The summed E-state index contributed by atoms with van der Waals surface area (Å²) in [5, 5.41) is 5.31. The molecule has 0 atom stereocenters. The SMILES string of the molecule is Cc1ccc(NC(=O)CC(=O)NCc2ccco2)c(Br)c1. The maximum Gasteiger partial charge on any atom is 0.233 e. The molecule has 0 saturated carbocycles. The number of anilines is 1. The van der Waals surface area contributed by atoms with Crippen molar-refractivity contribution in [3.05, 3.63) is 52.4 Å². The first kappa shape index (κ1) is 15.3. The summed E-state index contributed by atoms with van der Waals surface area (Å²) in [4.78, 5) is 23.5. The number of hydrogen-bond acceptors (Lipinski definition) is 3. The number of furan rings is 1. The van der Waals surface area contributed by atoms with E-state index in [0.29, 0.717) is 11.4 Å². The Morgan fingerprint density at radius 3 is 2.71 bits per heavy atom. The van der Waals surface area contributed by atoms with Crippen molar-refractivity contribution >= 4 is 33.4 Å². The van der Waals surface area contributed by atoms with Gasteiger partial charge in [-0.2, -0.15) is 0 Å². The molecule has 2 N–H and O–H groups in total. The van der Waals surface area contributed by atoms with E-state index < -0.39 is 0 Å². The Morgan fingerprint density at radius 2 is 2.05 bits per heavy atom. The molecule has 0 aliphatic rings. The zero-order valence-corrected chi connectivity index (χ0v) is 13.1. The minimum atomic E-state index is -0.364. The number of rotatable bonds is 5. The second-order valence-corrected chi connectivity index (χ2v) is 5.42. The van der Waals surface area contributed by atoms with Crippen LogP contribution in [-0.2, 0) is 16.1 Å². The van der Waals surface area contributed by atoms with Gasteiger partial charge in [0, 0.05) is 4.47 Å². The molecule has 21 heavy (non-hydrogen) atoms. The lowest BCUT2D eigenvalue weighted by molar-refractivity contribution is -0.127. The number of aryl methyl sites for hydroxylation is 1. The molecule has 2 amide bonds. The van der Waals surface area contributed by atoms with Crippen LogP contribution in [-0.4, -0.2) is 11.8 Å². The highest BCUT2D eigenvalue weighted by molar-refractivity contribution is 9.10. The average Bonchev–Trinajstić information content (AvgIpc) is 2.93. The van der Waals surface area contributed by atoms with Crippen LogP contribution >= 0.6 is 15.9 Å². The summed E-state index contributed by atoms with van der Waals surface area (Å²) >= 11 is 3.37. The molecule has 0 spiro atoms. The quantitative estimate of drug-likeness (QED) is 0.814. The molecule has 0 radical (unpaired) electrons. The lowest BCUT2D eigenvalue weighted by atomic mass is 10.2. The van der Waals surface area contributed by atoms with Crippen molar-refractivity contribution in [1.29, 1.82) is 0 Å². The van der Waals surface area contributed by atoms with Gasteiger partial charge in [-0.15, -0.1) is 0 Å². The van der Waals surface area contributed by atoms with Gasteiger partial charge in [-0.25, -0.2) is 0 Å². The summed E-state index contributed by atoms with van der Waals surface area (Å²) in [6, 6.07) is 9.06. The lowest BCUT2D eigenvalue weighted by Crippen LogP contribution is -2.27. The van der Waals surface area contributed by atoms with Crippen molar-refractivity contribution < 1.29 is 14.0 Å². The summed E-state index contributed by atoms with van der Waals surface area (Å²) in [6.45, 7) is 2.23. The van der Waals surface area contributed by atoms with Crippen LogP contribution < -0.4 is 10.6 Å². The molecule has 0 bridgehead atoms. The molecule has 110 valence electrons. The van der Waals surface area contributed by atoms with E-state index in [4.69, 9.17) is 4.42 Å². The fraction of sp³-hybridized carbons (Fsp3) is 0.200. The normalized spacial score (nSPS) is 10.2. The first-order chi connectivity index (χ1) is 10.0. The van der Waals surface area contributed by atoms with Crippen molar-refractivity contribution in [2.45, 2.75) is 19.9 Å². The standard InChI is InChI=1S/C15H15BrN2O3/c1-10-4-5-13(12(16)7-10)18-15(20)8-14(19)17-9-11-3-2-6-21-11/h2-7H,8-9H2,1H3,(H,17,19)(H,18,20). The number of carbonyl (C=O) groups is 2. The zero-order chi connectivity index (χ0) is 15.2. The van der Waals surface area contributed by atoms with Gasteiger partial charge in [0.05, 0.1) is 18.5 Å². The van der Waals surface area contributed by atoms with Gasteiger partial charge < -0.3 is 15.1 Å². The molecule has 0 saturated heterocycles. The van der Waals surface area contributed by atoms with Crippen LogP contribution in [0.4, 0.5) is 5.69 Å². The molecule has 0 fully saturated rings. The highest BCUT2D eigenvalue weighted by Gasteiger charge is 2.11. The van der Waals surface area contributed by atoms with Gasteiger partial charge in [-0.3, -0.25) is 9.59 Å². The minimum absolute atomic E-state index is 0.235. The Hall–Kier alpha value is -2.08. The van der Waals surface area contributed by atoms with Gasteiger partial charge in [0.2, 0.25) is 11.8 Å². The van der Waals surface area contributed by atoms with Gasteiger partial charge in [0.1, 0.15) is 12.2 Å². The maximum absolute atomic E-state index is 11.8. The molecule has 1 heterocycles. The predicted molar refractivity (Wildman–Crippen MR) is 82.7 cm³/mol. The summed E-state index contributed by atoms with van der Waals surface area (Å²) in [6.07, 6.45) is 1.30. The van der Waals surface area contributed by atoms with Crippen molar-refractivity contribution in [3.63, 3.8) is 0 Å². The van der Waals surface area contributed by atoms with Crippen LogP contribution in [0.2, 0.25) is 0 Å². The molecular formula is C15H15BrN2O3. The van der Waals surface area contributed by atoms with E-state index >= 15 is 0 Å². The number of halogens is 1. The molecule has 1 aromatic heterocycles. The van der Waals surface area contributed by atoms with Crippen molar-refractivity contribution in [2.75, 3.05) is 5.32 Å². The third-order valence-corrected chi connectivity index (χ3v) is 3.42. The van der Waals surface area contributed by atoms with Crippen LogP contribution in [0.25, 0.3) is 0 Å². The summed E-state index contributed by atoms with van der Waals surface area (Å²) in [5.41, 5.74) is 1.72. The lowest BCUT2D eigenvalue weighted by Gasteiger charge is -2.08. The molecule has 0 unspecified atom stereocenters.